The highest BCUT2D eigenvalue weighted by atomic mass is 16.5. The number of carbonyl (C=O) groups is 1. The third-order valence-corrected chi connectivity index (χ3v) is 3.88. The molecule has 5 heteroatoms. The molecule has 128 valence electrons. The van der Waals surface area contributed by atoms with E-state index in [-0.39, 0.29) is 16.9 Å². The lowest BCUT2D eigenvalue weighted by Gasteiger charge is -2.15. The Bertz CT molecular complexity index is 771. The predicted molar refractivity (Wildman–Crippen MR) is 96.1 cm³/mol. The average molecular weight is 328 g/mol. The molecule has 0 atom stereocenters. The molecule has 24 heavy (non-hydrogen) atoms. The van der Waals surface area contributed by atoms with Gasteiger partial charge in [0.2, 0.25) is 5.88 Å². The molecule has 2 rings (SSSR count). The number of nitrogens with one attached hydrogen (secondary N) is 2. The van der Waals surface area contributed by atoms with Crippen LogP contribution in [0.2, 0.25) is 0 Å². The van der Waals surface area contributed by atoms with Gasteiger partial charge in [0.15, 0.2) is 5.43 Å². The van der Waals surface area contributed by atoms with E-state index in [4.69, 9.17) is 4.74 Å². The van der Waals surface area contributed by atoms with Crippen molar-refractivity contribution in [2.75, 3.05) is 11.9 Å². The van der Waals surface area contributed by atoms with Crippen molar-refractivity contribution in [2.45, 2.75) is 40.5 Å². The molecule has 1 aromatic carbocycles. The van der Waals surface area contributed by atoms with Crippen LogP contribution in [0.5, 0.6) is 5.88 Å². The molecule has 5 nitrogen and oxygen atoms in total. The molecule has 1 amide bonds. The number of amides is 1. The zero-order valence-corrected chi connectivity index (χ0v) is 14.7. The monoisotopic (exact) mass is 328 g/mol. The number of hydrogen-bond donors (Lipinski definition) is 2. The minimum atomic E-state index is -0.449. The minimum absolute atomic E-state index is 0.00964. The largest absolute Gasteiger partial charge is 0.479 e. The van der Waals surface area contributed by atoms with E-state index in [1.165, 1.54) is 6.07 Å². The van der Waals surface area contributed by atoms with Gasteiger partial charge in [-0.15, -0.1) is 0 Å². The highest BCUT2D eigenvalue weighted by molar-refractivity contribution is 6.06. The lowest BCUT2D eigenvalue weighted by atomic mass is 10.0. The lowest BCUT2D eigenvalue weighted by molar-refractivity contribution is 0.102. The van der Waals surface area contributed by atoms with Crippen LogP contribution in [0.15, 0.2) is 29.1 Å². The number of benzene rings is 1. The van der Waals surface area contributed by atoms with Gasteiger partial charge in [-0.25, -0.2) is 0 Å². The molecule has 0 unspecified atom stereocenters. The molecule has 0 fully saturated rings. The Balaban J connectivity index is 2.47. The van der Waals surface area contributed by atoms with Crippen LogP contribution in [0.1, 0.15) is 48.0 Å². The van der Waals surface area contributed by atoms with E-state index < -0.39 is 5.91 Å². The Hall–Kier alpha value is -2.56. The highest BCUT2D eigenvalue weighted by Crippen LogP contribution is 2.24. The fraction of sp³-hybridized carbons (Fsp3) is 0.368. The predicted octanol–water partition coefficient (Wildman–Crippen LogP) is 3.46. The fourth-order valence-corrected chi connectivity index (χ4v) is 2.71. The number of aromatic amines is 1. The Kier molecular flexibility index (Phi) is 5.79. The second-order valence-electron chi connectivity index (χ2n) is 5.57. The van der Waals surface area contributed by atoms with Crippen LogP contribution in [0.4, 0.5) is 5.69 Å². The first kappa shape index (κ1) is 17.8. The van der Waals surface area contributed by atoms with E-state index >= 15 is 0 Å². The molecule has 0 aliphatic carbocycles. The summed E-state index contributed by atoms with van der Waals surface area (Å²) in [6, 6.07) is 7.36. The number of pyridine rings is 1. The first-order valence-electron chi connectivity index (χ1n) is 8.30. The Labute approximate surface area is 142 Å². The Morgan fingerprint density at radius 1 is 1.17 bits per heavy atom. The molecule has 0 spiro atoms. The molecular weight excluding hydrogens is 304 g/mol. The van der Waals surface area contributed by atoms with Crippen molar-refractivity contribution in [1.82, 2.24) is 4.98 Å². The zero-order valence-electron chi connectivity index (χ0n) is 14.7. The summed E-state index contributed by atoms with van der Waals surface area (Å²) in [5.74, 6) is -0.234. The van der Waals surface area contributed by atoms with E-state index in [1.54, 1.807) is 6.92 Å². The Morgan fingerprint density at radius 3 is 2.33 bits per heavy atom. The van der Waals surface area contributed by atoms with Crippen molar-refractivity contribution in [2.24, 2.45) is 0 Å². The molecule has 0 bridgehead atoms. The van der Waals surface area contributed by atoms with Gasteiger partial charge in [-0.3, -0.25) is 9.59 Å². The van der Waals surface area contributed by atoms with E-state index in [2.05, 4.69) is 10.3 Å². The van der Waals surface area contributed by atoms with E-state index in [0.29, 0.717) is 12.3 Å². The van der Waals surface area contributed by atoms with Crippen molar-refractivity contribution in [3.05, 3.63) is 56.9 Å². The number of hydrogen-bond acceptors (Lipinski definition) is 3. The number of aromatic nitrogens is 1. The van der Waals surface area contributed by atoms with Crippen molar-refractivity contribution in [3.63, 3.8) is 0 Å². The quantitative estimate of drug-likeness (QED) is 0.853. The number of aryl methyl sites for hydroxylation is 3. The minimum Gasteiger partial charge on any atom is -0.479 e. The maximum Gasteiger partial charge on any atom is 0.265 e. The topological polar surface area (TPSA) is 71.2 Å². The van der Waals surface area contributed by atoms with Gasteiger partial charge in [-0.05, 0) is 37.8 Å². The molecular formula is C19H24N2O3. The van der Waals surface area contributed by atoms with Gasteiger partial charge in [0.05, 0.1) is 6.61 Å². The normalized spacial score (nSPS) is 10.5. The number of H-pyrrole nitrogens is 1. The van der Waals surface area contributed by atoms with E-state index in [0.717, 1.165) is 29.7 Å². The molecule has 0 aliphatic rings. The molecule has 2 aromatic rings. The summed E-state index contributed by atoms with van der Waals surface area (Å²) in [7, 11) is 0. The van der Waals surface area contributed by atoms with Gasteiger partial charge in [0, 0.05) is 17.4 Å². The smallest absolute Gasteiger partial charge is 0.265 e. The summed E-state index contributed by atoms with van der Waals surface area (Å²) in [6.45, 7) is 8.01. The molecule has 2 N–H and O–H groups in total. The van der Waals surface area contributed by atoms with Crippen LogP contribution < -0.4 is 15.5 Å². The maximum absolute atomic E-state index is 12.8. The number of ether oxygens (including phenoxy) is 1. The number of anilines is 1. The van der Waals surface area contributed by atoms with E-state index in [9.17, 15) is 9.59 Å². The third-order valence-electron chi connectivity index (χ3n) is 3.88. The van der Waals surface area contributed by atoms with Crippen LogP contribution in [-0.4, -0.2) is 17.5 Å². The highest BCUT2D eigenvalue weighted by Gasteiger charge is 2.20. The first-order chi connectivity index (χ1) is 11.5. The van der Waals surface area contributed by atoms with Gasteiger partial charge < -0.3 is 15.0 Å². The first-order valence-corrected chi connectivity index (χ1v) is 8.30. The van der Waals surface area contributed by atoms with Crippen molar-refractivity contribution < 1.29 is 9.53 Å². The number of para-hydroxylation sites is 1. The van der Waals surface area contributed by atoms with Crippen LogP contribution in [0, 0.1) is 6.92 Å². The van der Waals surface area contributed by atoms with Gasteiger partial charge >= 0.3 is 0 Å². The lowest BCUT2D eigenvalue weighted by Crippen LogP contribution is -2.24. The summed E-state index contributed by atoms with van der Waals surface area (Å²) in [5, 5.41) is 2.92. The van der Waals surface area contributed by atoms with Crippen LogP contribution in [0.25, 0.3) is 0 Å². The fourth-order valence-electron chi connectivity index (χ4n) is 2.71. The summed E-state index contributed by atoms with van der Waals surface area (Å²) >= 11 is 0. The van der Waals surface area contributed by atoms with E-state index in [1.807, 2.05) is 39.0 Å². The second-order valence-corrected chi connectivity index (χ2v) is 5.57. The number of carbonyl (C=O) groups excluding carboxylic acids is 1. The van der Waals surface area contributed by atoms with Crippen molar-refractivity contribution >= 4 is 11.6 Å². The second kappa shape index (κ2) is 7.81. The molecule has 0 saturated carbocycles. The molecule has 1 aromatic heterocycles. The van der Waals surface area contributed by atoms with Crippen molar-refractivity contribution in [3.8, 4) is 5.88 Å². The Morgan fingerprint density at radius 2 is 1.79 bits per heavy atom. The number of rotatable bonds is 6. The summed E-state index contributed by atoms with van der Waals surface area (Å²) in [5.41, 5.74) is 3.20. The molecule has 0 aliphatic heterocycles. The van der Waals surface area contributed by atoms with Crippen LogP contribution in [-0.2, 0) is 12.8 Å². The van der Waals surface area contributed by atoms with Gasteiger partial charge in [-0.1, -0.05) is 32.0 Å². The maximum atomic E-state index is 12.8. The van der Waals surface area contributed by atoms with Crippen LogP contribution >= 0.6 is 0 Å². The summed E-state index contributed by atoms with van der Waals surface area (Å²) in [4.78, 5) is 28.0. The third kappa shape index (κ3) is 3.67. The standard InChI is InChI=1S/C19H24N2O3/c1-5-13-9-8-10-14(6-2)17(13)21-18(23)16-15(22)11-12(4)20-19(16)24-7-3/h8-11H,5-7H2,1-4H3,(H,20,22)(H,21,23). The SMILES string of the molecule is CCOc1[nH]c(C)cc(=O)c1C(=O)Nc1c(CC)cccc1CC. The average Bonchev–Trinajstić information content (AvgIpc) is 2.54. The summed E-state index contributed by atoms with van der Waals surface area (Å²) in [6.07, 6.45) is 1.60. The van der Waals surface area contributed by atoms with Gasteiger partial charge in [-0.2, -0.15) is 0 Å². The van der Waals surface area contributed by atoms with Crippen molar-refractivity contribution in [1.29, 1.82) is 0 Å². The molecule has 0 saturated heterocycles. The summed E-state index contributed by atoms with van der Waals surface area (Å²) < 4.78 is 5.45. The van der Waals surface area contributed by atoms with Gasteiger partial charge in [0.25, 0.3) is 5.91 Å². The molecule has 1 heterocycles. The van der Waals surface area contributed by atoms with Gasteiger partial charge in [0.1, 0.15) is 5.56 Å². The zero-order chi connectivity index (χ0) is 17.7. The molecule has 0 radical (unpaired) electrons. The van der Waals surface area contributed by atoms with Crippen LogP contribution in [0.3, 0.4) is 0 Å².